The highest BCUT2D eigenvalue weighted by atomic mass is 32.1. The van der Waals surface area contributed by atoms with E-state index in [9.17, 15) is 14.7 Å². The van der Waals surface area contributed by atoms with E-state index in [-0.39, 0.29) is 12.5 Å². The van der Waals surface area contributed by atoms with E-state index in [4.69, 9.17) is 0 Å². The first-order valence-electron chi connectivity index (χ1n) is 7.25. The summed E-state index contributed by atoms with van der Waals surface area (Å²) in [5, 5.41) is 11.3. The van der Waals surface area contributed by atoms with Crippen molar-refractivity contribution in [1.29, 1.82) is 0 Å². The molecule has 2 aromatic heterocycles. The monoisotopic (exact) mass is 318 g/mol. The van der Waals surface area contributed by atoms with Gasteiger partial charge >= 0.3 is 5.97 Å². The summed E-state index contributed by atoms with van der Waals surface area (Å²) in [6.07, 6.45) is 5.13. The topological polar surface area (TPSA) is 62.5 Å². The van der Waals surface area contributed by atoms with Crippen LogP contribution in [-0.2, 0) is 4.79 Å². The van der Waals surface area contributed by atoms with Crippen molar-refractivity contribution < 1.29 is 14.7 Å². The predicted molar refractivity (Wildman–Crippen MR) is 84.5 cm³/mol. The van der Waals surface area contributed by atoms with Crippen LogP contribution in [0.3, 0.4) is 0 Å². The fraction of sp³-hybridized carbons (Fsp3) is 0.375. The fourth-order valence-electron chi connectivity index (χ4n) is 2.89. The molecule has 0 saturated carbocycles. The molecule has 1 fully saturated rings. The lowest BCUT2D eigenvalue weighted by Gasteiger charge is -2.37. The van der Waals surface area contributed by atoms with Gasteiger partial charge in [0.25, 0.3) is 5.91 Å². The molecule has 0 bridgehead atoms. The molecule has 1 aliphatic heterocycles. The van der Waals surface area contributed by atoms with Gasteiger partial charge in [-0.15, -0.1) is 11.3 Å². The minimum absolute atomic E-state index is 0.0779. The highest BCUT2D eigenvalue weighted by molar-refractivity contribution is 7.12. The summed E-state index contributed by atoms with van der Waals surface area (Å²) in [4.78, 5) is 26.6. The molecule has 1 aliphatic rings. The number of carboxylic acids is 1. The Balaban J connectivity index is 1.86. The molecule has 116 valence electrons. The smallest absolute Gasteiger partial charge is 0.311 e. The summed E-state index contributed by atoms with van der Waals surface area (Å²) in [7, 11) is 0. The second-order valence-electron chi connectivity index (χ2n) is 5.92. The molecule has 2 aromatic rings. The van der Waals surface area contributed by atoms with E-state index in [1.165, 1.54) is 11.3 Å². The minimum atomic E-state index is -0.848. The van der Waals surface area contributed by atoms with Crippen LogP contribution in [0.5, 0.6) is 0 Å². The fourth-order valence-corrected chi connectivity index (χ4v) is 3.75. The van der Waals surface area contributed by atoms with Crippen LogP contribution < -0.4 is 0 Å². The molecule has 1 atom stereocenters. The number of thiophene rings is 1. The van der Waals surface area contributed by atoms with E-state index >= 15 is 0 Å². The molecule has 0 spiro atoms. The number of carbonyl (C=O) groups excluding carboxylic acids is 1. The van der Waals surface area contributed by atoms with Crippen molar-refractivity contribution in [3.8, 4) is 5.69 Å². The molecule has 3 rings (SSSR count). The largest absolute Gasteiger partial charge is 0.481 e. The van der Waals surface area contributed by atoms with Gasteiger partial charge in [-0.3, -0.25) is 9.59 Å². The van der Waals surface area contributed by atoms with Crippen molar-refractivity contribution in [3.63, 3.8) is 0 Å². The number of hydrogen-bond donors (Lipinski definition) is 1. The first-order valence-corrected chi connectivity index (χ1v) is 8.13. The summed E-state index contributed by atoms with van der Waals surface area (Å²) >= 11 is 1.40. The Morgan fingerprint density at radius 1 is 1.32 bits per heavy atom. The van der Waals surface area contributed by atoms with Crippen molar-refractivity contribution in [2.45, 2.75) is 19.8 Å². The van der Waals surface area contributed by atoms with Crippen LogP contribution in [0.1, 0.15) is 29.4 Å². The average Bonchev–Trinajstić information content (AvgIpc) is 3.17. The molecular weight excluding hydrogens is 300 g/mol. The second kappa shape index (κ2) is 5.61. The van der Waals surface area contributed by atoms with E-state index in [2.05, 4.69) is 0 Å². The van der Waals surface area contributed by atoms with Crippen LogP contribution in [0, 0.1) is 5.41 Å². The second-order valence-corrected chi connectivity index (χ2v) is 6.84. The molecule has 5 nitrogen and oxygen atoms in total. The molecule has 1 unspecified atom stereocenters. The molecule has 1 amide bonds. The number of rotatable bonds is 3. The third-order valence-corrected chi connectivity index (χ3v) is 5.11. The lowest BCUT2D eigenvalue weighted by molar-refractivity contribution is -0.150. The quantitative estimate of drug-likeness (QED) is 0.946. The summed E-state index contributed by atoms with van der Waals surface area (Å²) < 4.78 is 1.91. The minimum Gasteiger partial charge on any atom is -0.481 e. The third kappa shape index (κ3) is 2.54. The Bertz CT molecular complexity index is 692. The van der Waals surface area contributed by atoms with Gasteiger partial charge in [0.1, 0.15) is 4.88 Å². The molecule has 1 N–H and O–H groups in total. The van der Waals surface area contributed by atoms with Crippen LogP contribution in [0.4, 0.5) is 0 Å². The van der Waals surface area contributed by atoms with Crippen molar-refractivity contribution in [2.75, 3.05) is 13.1 Å². The van der Waals surface area contributed by atoms with E-state index < -0.39 is 11.4 Å². The first kappa shape index (κ1) is 14.8. The van der Waals surface area contributed by atoms with Crippen LogP contribution in [-0.4, -0.2) is 39.5 Å². The van der Waals surface area contributed by atoms with Crippen molar-refractivity contribution in [1.82, 2.24) is 9.47 Å². The number of hydrogen-bond acceptors (Lipinski definition) is 3. The molecular formula is C16H18N2O3S. The zero-order chi connectivity index (χ0) is 15.7. The van der Waals surface area contributed by atoms with Gasteiger partial charge in [-0.2, -0.15) is 0 Å². The summed E-state index contributed by atoms with van der Waals surface area (Å²) in [5.41, 5.74) is 0.00120. The number of piperidine rings is 1. The standard InChI is InChI=1S/C16H18N2O3S/c1-16(15(20)21)6-4-9-18(11-16)14(19)13-12(5-10-22-13)17-7-2-3-8-17/h2-3,5,7-8,10H,4,6,9,11H2,1H3,(H,20,21). The Kier molecular flexibility index (Phi) is 3.78. The van der Waals surface area contributed by atoms with Gasteiger partial charge in [0.05, 0.1) is 11.1 Å². The van der Waals surface area contributed by atoms with Crippen LogP contribution in [0.2, 0.25) is 0 Å². The Morgan fingerprint density at radius 3 is 2.73 bits per heavy atom. The summed E-state index contributed by atoms with van der Waals surface area (Å²) in [6, 6.07) is 5.74. The first-order chi connectivity index (χ1) is 10.5. The zero-order valence-corrected chi connectivity index (χ0v) is 13.2. The normalized spacial score (nSPS) is 21.8. The molecule has 0 radical (unpaired) electrons. The maximum atomic E-state index is 12.8. The van der Waals surface area contributed by atoms with Gasteiger partial charge in [-0.25, -0.2) is 0 Å². The van der Waals surface area contributed by atoms with E-state index in [0.717, 1.165) is 12.1 Å². The van der Waals surface area contributed by atoms with Gasteiger partial charge in [-0.1, -0.05) is 0 Å². The Morgan fingerprint density at radius 2 is 2.05 bits per heavy atom. The number of carbonyl (C=O) groups is 2. The average molecular weight is 318 g/mol. The van der Waals surface area contributed by atoms with Gasteiger partial charge in [0.15, 0.2) is 0 Å². The van der Waals surface area contributed by atoms with E-state index in [0.29, 0.717) is 17.8 Å². The van der Waals surface area contributed by atoms with Gasteiger partial charge in [0.2, 0.25) is 0 Å². The Labute approximate surface area is 132 Å². The number of aromatic nitrogens is 1. The highest BCUT2D eigenvalue weighted by Crippen LogP contribution is 2.32. The van der Waals surface area contributed by atoms with Crippen molar-refractivity contribution in [2.24, 2.45) is 5.41 Å². The van der Waals surface area contributed by atoms with Crippen molar-refractivity contribution in [3.05, 3.63) is 40.8 Å². The molecule has 6 heteroatoms. The number of likely N-dealkylation sites (tertiary alicyclic amines) is 1. The lowest BCUT2D eigenvalue weighted by Crippen LogP contribution is -2.48. The number of amides is 1. The van der Waals surface area contributed by atoms with Gasteiger partial charge < -0.3 is 14.6 Å². The molecule has 3 heterocycles. The third-order valence-electron chi connectivity index (χ3n) is 4.22. The molecule has 0 aliphatic carbocycles. The zero-order valence-electron chi connectivity index (χ0n) is 12.4. The lowest BCUT2D eigenvalue weighted by atomic mass is 9.82. The van der Waals surface area contributed by atoms with Crippen LogP contribution in [0.15, 0.2) is 36.0 Å². The highest BCUT2D eigenvalue weighted by Gasteiger charge is 2.40. The van der Waals surface area contributed by atoms with E-state index in [1.54, 1.807) is 11.8 Å². The molecule has 22 heavy (non-hydrogen) atoms. The number of nitrogens with zero attached hydrogens (tertiary/aromatic N) is 2. The number of carboxylic acid groups (broad SMARTS) is 1. The number of aliphatic carboxylic acids is 1. The maximum Gasteiger partial charge on any atom is 0.311 e. The van der Waals surface area contributed by atoms with E-state index in [1.807, 2.05) is 40.5 Å². The SMILES string of the molecule is CC1(C(=O)O)CCCN(C(=O)c2sccc2-n2cccc2)C1. The Hall–Kier alpha value is -2.08. The van der Waals surface area contributed by atoms with Crippen LogP contribution in [0.25, 0.3) is 5.69 Å². The van der Waals surface area contributed by atoms with Crippen LogP contribution >= 0.6 is 11.3 Å². The molecule has 1 saturated heterocycles. The summed E-state index contributed by atoms with van der Waals surface area (Å²) in [5.74, 6) is -0.910. The predicted octanol–water partition coefficient (Wildman–Crippen LogP) is 2.87. The molecule has 0 aromatic carbocycles. The van der Waals surface area contributed by atoms with Gasteiger partial charge in [0, 0.05) is 25.5 Å². The maximum absolute atomic E-state index is 12.8. The van der Waals surface area contributed by atoms with Crippen molar-refractivity contribution >= 4 is 23.2 Å². The van der Waals surface area contributed by atoms with Gasteiger partial charge in [-0.05, 0) is 43.3 Å². The summed E-state index contributed by atoms with van der Waals surface area (Å²) in [6.45, 7) is 2.60.